The summed E-state index contributed by atoms with van der Waals surface area (Å²) in [5, 5.41) is 14.3. The minimum atomic E-state index is 0.490. The van der Waals surface area contributed by atoms with Crippen molar-refractivity contribution in [1.29, 1.82) is 5.26 Å². The van der Waals surface area contributed by atoms with Crippen LogP contribution in [-0.2, 0) is 6.42 Å². The van der Waals surface area contributed by atoms with Crippen LogP contribution in [0, 0.1) is 18.3 Å². The van der Waals surface area contributed by atoms with E-state index in [4.69, 9.17) is 4.74 Å². The maximum Gasteiger partial charge on any atom is 0.126 e. The van der Waals surface area contributed by atoms with Crippen molar-refractivity contribution in [2.45, 2.75) is 86.5 Å². The molecular weight excluding hydrogens is 504 g/mol. The molecule has 0 bridgehead atoms. The molecule has 0 radical (unpaired) electrons. The Balaban J connectivity index is 0.000000508. The number of nitrogens with zero attached hydrogens (tertiary/aromatic N) is 2. The van der Waals surface area contributed by atoms with E-state index in [1.165, 1.54) is 44.1 Å². The van der Waals surface area contributed by atoms with Crippen LogP contribution in [0.5, 0.6) is 5.75 Å². The molecule has 0 saturated heterocycles. The lowest BCUT2D eigenvalue weighted by Gasteiger charge is -2.14. The van der Waals surface area contributed by atoms with Crippen LogP contribution in [0.1, 0.15) is 101 Å². The largest absolute Gasteiger partial charge is 0.496 e. The van der Waals surface area contributed by atoms with E-state index < -0.39 is 0 Å². The number of H-pyrrole nitrogens is 1. The smallest absolute Gasteiger partial charge is 0.126 e. The number of aromatic amines is 1. The number of anilines is 2. The van der Waals surface area contributed by atoms with Crippen molar-refractivity contribution in [2.75, 3.05) is 12.4 Å². The minimum Gasteiger partial charge on any atom is -0.496 e. The first kappa shape index (κ1) is 33.2. The van der Waals surface area contributed by atoms with Crippen LogP contribution in [0.15, 0.2) is 55.0 Å². The molecule has 0 amide bonds. The van der Waals surface area contributed by atoms with Gasteiger partial charge in [-0.1, -0.05) is 97.4 Å². The molecule has 2 aromatic carbocycles. The van der Waals surface area contributed by atoms with Crippen LogP contribution in [0.3, 0.4) is 0 Å². The Bertz CT molecular complexity index is 1410. The first-order chi connectivity index (χ1) is 20.0. The summed E-state index contributed by atoms with van der Waals surface area (Å²) in [5.41, 5.74) is 7.40. The molecule has 2 N–H and O–H groups in total. The fraction of sp³-hybridized carbons (Fsp3) is 0.389. The van der Waals surface area contributed by atoms with E-state index in [1.807, 2.05) is 36.5 Å². The van der Waals surface area contributed by atoms with E-state index in [0.29, 0.717) is 5.56 Å². The highest BCUT2D eigenvalue weighted by Gasteiger charge is 2.11. The fourth-order valence-electron chi connectivity index (χ4n) is 4.35. The predicted octanol–water partition coefficient (Wildman–Crippen LogP) is 10.6. The zero-order valence-corrected chi connectivity index (χ0v) is 26.1. The predicted molar refractivity (Wildman–Crippen MR) is 177 cm³/mol. The normalized spacial score (nSPS) is 10.4. The van der Waals surface area contributed by atoms with Crippen molar-refractivity contribution in [1.82, 2.24) is 9.97 Å². The number of rotatable bonds is 10. The maximum absolute atomic E-state index is 9.67. The van der Waals surface area contributed by atoms with E-state index in [9.17, 15) is 5.26 Å². The van der Waals surface area contributed by atoms with E-state index >= 15 is 0 Å². The zero-order chi connectivity index (χ0) is 30.0. The van der Waals surface area contributed by atoms with E-state index in [1.54, 1.807) is 19.5 Å². The molecule has 2 heterocycles. The summed E-state index contributed by atoms with van der Waals surface area (Å²) in [6.07, 6.45) is 18.4. The molecule has 4 aromatic rings. The molecule has 218 valence electrons. The lowest BCUT2D eigenvalue weighted by Crippen LogP contribution is -1.99. The number of methoxy groups -OCH3 is 1. The van der Waals surface area contributed by atoms with Crippen LogP contribution in [-0.4, -0.2) is 17.1 Å². The molecule has 0 saturated carbocycles. The highest BCUT2D eigenvalue weighted by atomic mass is 16.5. The monoisotopic (exact) mass is 552 g/mol. The Labute approximate surface area is 247 Å². The van der Waals surface area contributed by atoms with Crippen LogP contribution in [0.4, 0.5) is 11.4 Å². The van der Waals surface area contributed by atoms with Gasteiger partial charge in [0.25, 0.3) is 0 Å². The number of hydrogen-bond acceptors (Lipinski definition) is 4. The molecule has 2 aromatic heterocycles. The summed E-state index contributed by atoms with van der Waals surface area (Å²) in [4.78, 5) is 7.48. The molecule has 41 heavy (non-hydrogen) atoms. The Kier molecular flexibility index (Phi) is 14.8. The van der Waals surface area contributed by atoms with E-state index in [0.717, 1.165) is 51.1 Å². The number of nitrogens with one attached hydrogen (secondary N) is 2. The van der Waals surface area contributed by atoms with Gasteiger partial charge in [-0.05, 0) is 48.7 Å². The topological polar surface area (TPSA) is 73.7 Å². The molecule has 5 heteroatoms. The van der Waals surface area contributed by atoms with Crippen LogP contribution < -0.4 is 10.1 Å². The van der Waals surface area contributed by atoms with Gasteiger partial charge in [-0.25, -0.2) is 0 Å². The van der Waals surface area contributed by atoms with Crippen molar-refractivity contribution < 1.29 is 4.74 Å². The van der Waals surface area contributed by atoms with Crippen molar-refractivity contribution >= 4 is 34.4 Å². The van der Waals surface area contributed by atoms with Crippen molar-refractivity contribution in [3.8, 4) is 11.8 Å². The molecule has 5 nitrogen and oxygen atoms in total. The van der Waals surface area contributed by atoms with Crippen molar-refractivity contribution in [3.05, 3.63) is 82.8 Å². The van der Waals surface area contributed by atoms with Crippen molar-refractivity contribution in [2.24, 2.45) is 0 Å². The summed E-state index contributed by atoms with van der Waals surface area (Å²) in [6.45, 7) is 12.9. The third-order valence-electron chi connectivity index (χ3n) is 6.71. The Morgan fingerprint density at radius 2 is 1.63 bits per heavy atom. The molecule has 0 atom stereocenters. The quantitative estimate of drug-likeness (QED) is 0.192. The third-order valence-corrected chi connectivity index (χ3v) is 6.71. The second kappa shape index (κ2) is 18.3. The number of fused-ring (bicyclic) bond motifs is 1. The maximum atomic E-state index is 9.67. The number of unbranched alkanes of at least 4 members (excludes halogenated alkanes) is 4. The summed E-state index contributed by atoms with van der Waals surface area (Å²) in [6, 6.07) is 14.6. The minimum absolute atomic E-state index is 0.490. The van der Waals surface area contributed by atoms with Gasteiger partial charge in [-0.15, -0.1) is 0 Å². The van der Waals surface area contributed by atoms with Gasteiger partial charge in [0.1, 0.15) is 11.8 Å². The summed E-state index contributed by atoms with van der Waals surface area (Å²) < 4.78 is 5.56. The number of nitriles is 1. The van der Waals surface area contributed by atoms with E-state index in [-0.39, 0.29) is 0 Å². The first-order valence-corrected chi connectivity index (χ1v) is 15.0. The lowest BCUT2D eigenvalue weighted by molar-refractivity contribution is 0.413. The number of aromatic nitrogens is 2. The summed E-state index contributed by atoms with van der Waals surface area (Å²) in [5.74, 6) is 0.822. The molecular formula is C36H48N4O. The number of aryl methyl sites for hydroxylation is 2. The van der Waals surface area contributed by atoms with Crippen LogP contribution >= 0.6 is 0 Å². The lowest BCUT2D eigenvalue weighted by atomic mass is 10.0. The third kappa shape index (κ3) is 9.83. The van der Waals surface area contributed by atoms with Gasteiger partial charge in [-0.2, -0.15) is 5.26 Å². The van der Waals surface area contributed by atoms with Gasteiger partial charge in [-0.3, -0.25) is 4.98 Å². The van der Waals surface area contributed by atoms with Crippen molar-refractivity contribution in [3.63, 3.8) is 0 Å². The number of hydrogen-bond donors (Lipinski definition) is 2. The molecule has 0 fully saturated rings. The second-order valence-corrected chi connectivity index (χ2v) is 10.1. The number of pyridine rings is 1. The number of ether oxygens (including phenoxy) is 1. The van der Waals surface area contributed by atoms with Gasteiger partial charge >= 0.3 is 0 Å². The molecule has 0 aliphatic carbocycles. The molecule has 0 aliphatic rings. The van der Waals surface area contributed by atoms with Crippen LogP contribution in [0.2, 0.25) is 0 Å². The molecule has 0 unspecified atom stereocenters. The highest BCUT2D eigenvalue weighted by molar-refractivity contribution is 5.90. The van der Waals surface area contributed by atoms with Gasteiger partial charge in [0.2, 0.25) is 0 Å². The Morgan fingerprint density at radius 1 is 0.927 bits per heavy atom. The van der Waals surface area contributed by atoms with Gasteiger partial charge < -0.3 is 15.0 Å². The average molecular weight is 553 g/mol. The summed E-state index contributed by atoms with van der Waals surface area (Å²) in [7, 11) is 1.68. The first-order valence-electron chi connectivity index (χ1n) is 15.0. The zero-order valence-electron chi connectivity index (χ0n) is 26.1. The molecule has 0 spiro atoms. The Hall–Kier alpha value is -4.04. The standard InChI is InChI=1S/C26H24N4O.C7H16.C3H8/c1-4-18-5-6-19(25(13-18)31-3)7-8-20-15-28-16-21(14-27)26(20)30-23-9-10-24-22(17(23)2)11-12-29-24;1-3-5-7-6-4-2;1-3-2/h5-13,15-16,29H,4H2,1-3H3,(H,28,30);3-7H2,1-2H3;3H2,1-2H3/b8-7+;;. The summed E-state index contributed by atoms with van der Waals surface area (Å²) >= 11 is 0. The SMILES string of the molecule is CCC.CCCCCCC.CCc1ccc(/C=C/c2cncc(C#N)c2Nc2ccc3[nH]ccc3c2C)c(OC)c1. The Morgan fingerprint density at radius 3 is 2.27 bits per heavy atom. The van der Waals surface area contributed by atoms with Crippen LogP contribution in [0.25, 0.3) is 23.1 Å². The molecule has 0 aliphatic heterocycles. The average Bonchev–Trinajstić information content (AvgIpc) is 3.48. The molecule has 4 rings (SSSR count). The number of benzene rings is 2. The second-order valence-electron chi connectivity index (χ2n) is 10.1. The highest BCUT2D eigenvalue weighted by Crippen LogP contribution is 2.31. The van der Waals surface area contributed by atoms with E-state index in [2.05, 4.69) is 81.1 Å². The van der Waals surface area contributed by atoms with Gasteiger partial charge in [0.05, 0.1) is 18.4 Å². The van der Waals surface area contributed by atoms with Gasteiger partial charge in [0, 0.05) is 46.3 Å². The van der Waals surface area contributed by atoms with Gasteiger partial charge in [0.15, 0.2) is 0 Å². The fourth-order valence-corrected chi connectivity index (χ4v) is 4.35.